The van der Waals surface area contributed by atoms with E-state index in [1.807, 2.05) is 18.2 Å². The third-order valence-corrected chi connectivity index (χ3v) is 5.93. The van der Waals surface area contributed by atoms with E-state index in [2.05, 4.69) is 51.3 Å². The van der Waals surface area contributed by atoms with Crippen molar-refractivity contribution in [3.05, 3.63) is 70.4 Å². The van der Waals surface area contributed by atoms with E-state index in [4.69, 9.17) is 0 Å². The van der Waals surface area contributed by atoms with E-state index in [0.717, 1.165) is 18.7 Å². The monoisotopic (exact) mass is 364 g/mol. The van der Waals surface area contributed by atoms with Crippen LogP contribution in [0.2, 0.25) is 0 Å². The van der Waals surface area contributed by atoms with Crippen LogP contribution in [0.1, 0.15) is 30.0 Å². The maximum absolute atomic E-state index is 12.6. The zero-order valence-corrected chi connectivity index (χ0v) is 15.7. The molecule has 0 aliphatic carbocycles. The van der Waals surface area contributed by atoms with E-state index in [1.54, 1.807) is 11.3 Å². The number of nitrogens with one attached hydrogen (secondary N) is 1. The number of likely N-dealkylation sites (tertiary alicyclic amines) is 1. The number of nitrogens with zero attached hydrogens (tertiary/aromatic N) is 1. The first-order valence-corrected chi connectivity index (χ1v) is 10.2. The summed E-state index contributed by atoms with van der Waals surface area (Å²) in [4.78, 5) is 15.1. The number of hydrogen-bond acceptors (Lipinski definition) is 3. The molecule has 3 aromatic rings. The van der Waals surface area contributed by atoms with Gasteiger partial charge in [0.2, 0.25) is 5.91 Å². The highest BCUT2D eigenvalue weighted by atomic mass is 32.1. The fourth-order valence-corrected chi connectivity index (χ4v) is 4.58. The van der Waals surface area contributed by atoms with Gasteiger partial charge in [0.15, 0.2) is 0 Å². The van der Waals surface area contributed by atoms with Gasteiger partial charge in [-0.1, -0.05) is 42.5 Å². The summed E-state index contributed by atoms with van der Waals surface area (Å²) in [6.45, 7) is 2.93. The number of benzene rings is 2. The van der Waals surface area contributed by atoms with Crippen molar-refractivity contribution in [2.45, 2.75) is 25.3 Å². The molecular weight excluding hydrogens is 340 g/mol. The second-order valence-electron chi connectivity index (χ2n) is 6.93. The molecule has 3 nitrogen and oxygen atoms in total. The molecule has 0 spiro atoms. The van der Waals surface area contributed by atoms with Gasteiger partial charge < -0.3 is 5.32 Å². The Labute approximate surface area is 158 Å². The van der Waals surface area contributed by atoms with Crippen molar-refractivity contribution < 1.29 is 4.79 Å². The van der Waals surface area contributed by atoms with Gasteiger partial charge in [-0.2, -0.15) is 11.3 Å². The summed E-state index contributed by atoms with van der Waals surface area (Å²) in [5, 5.41) is 9.87. The molecule has 26 heavy (non-hydrogen) atoms. The Morgan fingerprint density at radius 2 is 1.88 bits per heavy atom. The molecule has 0 saturated carbocycles. The highest BCUT2D eigenvalue weighted by Gasteiger charge is 2.24. The van der Waals surface area contributed by atoms with E-state index in [1.165, 1.54) is 29.2 Å². The summed E-state index contributed by atoms with van der Waals surface area (Å²) in [6, 6.07) is 16.9. The van der Waals surface area contributed by atoms with Gasteiger partial charge in [-0.25, -0.2) is 0 Å². The van der Waals surface area contributed by atoms with Crippen molar-refractivity contribution in [2.24, 2.45) is 0 Å². The third kappa shape index (κ3) is 3.81. The SMILES string of the molecule is O=C(Cc1cccc2ccccc12)NC[C@@H](c1ccsc1)N1CCCC1. The van der Waals surface area contributed by atoms with E-state index < -0.39 is 0 Å². The van der Waals surface area contributed by atoms with E-state index >= 15 is 0 Å². The average Bonchev–Trinajstić information content (AvgIpc) is 3.37. The minimum Gasteiger partial charge on any atom is -0.354 e. The Hall–Kier alpha value is -2.17. The van der Waals surface area contributed by atoms with E-state index in [-0.39, 0.29) is 5.91 Å². The Morgan fingerprint density at radius 1 is 1.08 bits per heavy atom. The van der Waals surface area contributed by atoms with Crippen LogP contribution in [0, 0.1) is 0 Å². The lowest BCUT2D eigenvalue weighted by molar-refractivity contribution is -0.120. The van der Waals surface area contributed by atoms with Crippen LogP contribution in [0.3, 0.4) is 0 Å². The van der Waals surface area contributed by atoms with Gasteiger partial charge in [0.1, 0.15) is 0 Å². The highest BCUT2D eigenvalue weighted by Crippen LogP contribution is 2.26. The van der Waals surface area contributed by atoms with Crippen molar-refractivity contribution in [1.29, 1.82) is 0 Å². The Balaban J connectivity index is 1.43. The molecule has 1 aliphatic heterocycles. The maximum atomic E-state index is 12.6. The first kappa shape index (κ1) is 17.3. The zero-order valence-electron chi connectivity index (χ0n) is 14.9. The quantitative estimate of drug-likeness (QED) is 0.703. The molecule has 4 heteroatoms. The Morgan fingerprint density at radius 3 is 2.69 bits per heavy atom. The summed E-state index contributed by atoms with van der Waals surface area (Å²) in [5.74, 6) is 0.0979. The third-order valence-electron chi connectivity index (χ3n) is 5.23. The summed E-state index contributed by atoms with van der Waals surface area (Å²) in [6.07, 6.45) is 2.94. The largest absolute Gasteiger partial charge is 0.354 e. The van der Waals surface area contributed by atoms with Crippen LogP contribution in [0.15, 0.2) is 59.3 Å². The van der Waals surface area contributed by atoms with Crippen molar-refractivity contribution in [2.75, 3.05) is 19.6 Å². The molecule has 1 aliphatic rings. The molecule has 0 unspecified atom stereocenters. The van der Waals surface area contributed by atoms with Crippen molar-refractivity contribution in [3.63, 3.8) is 0 Å². The molecule has 0 radical (unpaired) electrons. The molecule has 2 aromatic carbocycles. The molecule has 1 saturated heterocycles. The normalized spacial score (nSPS) is 16.0. The van der Waals surface area contributed by atoms with Crippen LogP contribution in [0.25, 0.3) is 10.8 Å². The number of fused-ring (bicyclic) bond motifs is 1. The molecule has 1 fully saturated rings. The first-order chi connectivity index (χ1) is 12.8. The van der Waals surface area contributed by atoms with Crippen molar-refractivity contribution in [1.82, 2.24) is 10.2 Å². The lowest BCUT2D eigenvalue weighted by Gasteiger charge is -2.27. The number of carbonyl (C=O) groups is 1. The number of carbonyl (C=O) groups excluding carboxylic acids is 1. The van der Waals surface area contributed by atoms with Gasteiger partial charge >= 0.3 is 0 Å². The number of amides is 1. The second kappa shape index (κ2) is 8.02. The van der Waals surface area contributed by atoms with Crippen LogP contribution in [0.4, 0.5) is 0 Å². The molecular formula is C22H24N2OS. The predicted octanol–water partition coefficient (Wildman–Crippen LogP) is 4.40. The summed E-state index contributed by atoms with van der Waals surface area (Å²) < 4.78 is 0. The summed E-state index contributed by atoms with van der Waals surface area (Å²) >= 11 is 1.73. The van der Waals surface area contributed by atoms with Gasteiger partial charge in [-0.3, -0.25) is 9.69 Å². The molecule has 1 atom stereocenters. The number of hydrogen-bond donors (Lipinski definition) is 1. The van der Waals surface area contributed by atoms with Gasteiger partial charge in [0.25, 0.3) is 0 Å². The van der Waals surface area contributed by atoms with Gasteiger partial charge in [0.05, 0.1) is 12.5 Å². The highest BCUT2D eigenvalue weighted by molar-refractivity contribution is 7.07. The standard InChI is InChI=1S/C22H24N2OS/c25-22(14-18-8-5-7-17-6-1-2-9-20(17)18)23-15-21(19-10-13-26-16-19)24-11-3-4-12-24/h1-2,5-10,13,16,21H,3-4,11-12,14-15H2,(H,23,25)/t21-/m0/s1. The molecule has 1 aromatic heterocycles. The van der Waals surface area contributed by atoms with Crippen molar-refractivity contribution >= 4 is 28.0 Å². The fourth-order valence-electron chi connectivity index (χ4n) is 3.87. The average molecular weight is 365 g/mol. The molecule has 0 bridgehead atoms. The maximum Gasteiger partial charge on any atom is 0.224 e. The van der Waals surface area contributed by atoms with Crippen LogP contribution in [0.5, 0.6) is 0 Å². The second-order valence-corrected chi connectivity index (χ2v) is 7.71. The number of thiophene rings is 1. The van der Waals surface area contributed by atoms with Crippen molar-refractivity contribution in [3.8, 4) is 0 Å². The topological polar surface area (TPSA) is 32.3 Å². The smallest absolute Gasteiger partial charge is 0.224 e. The first-order valence-electron chi connectivity index (χ1n) is 9.31. The van der Waals surface area contributed by atoms with Gasteiger partial charge in [0, 0.05) is 6.54 Å². The lowest BCUT2D eigenvalue weighted by Crippen LogP contribution is -2.37. The van der Waals surface area contributed by atoms with Crippen LogP contribution in [-0.2, 0) is 11.2 Å². The minimum atomic E-state index is 0.0979. The van der Waals surface area contributed by atoms with E-state index in [9.17, 15) is 4.79 Å². The molecule has 134 valence electrons. The van der Waals surface area contributed by atoms with E-state index in [0.29, 0.717) is 19.0 Å². The van der Waals surface area contributed by atoms with Crippen LogP contribution in [-0.4, -0.2) is 30.4 Å². The number of rotatable bonds is 6. The molecule has 4 rings (SSSR count). The summed E-state index contributed by atoms with van der Waals surface area (Å²) in [7, 11) is 0. The summed E-state index contributed by atoms with van der Waals surface area (Å²) in [5.41, 5.74) is 2.41. The minimum absolute atomic E-state index is 0.0979. The molecule has 1 N–H and O–H groups in total. The molecule has 2 heterocycles. The Bertz CT molecular complexity index is 863. The van der Waals surface area contributed by atoms with Crippen LogP contribution < -0.4 is 5.32 Å². The van der Waals surface area contributed by atoms with Crippen LogP contribution >= 0.6 is 11.3 Å². The fraction of sp³-hybridized carbons (Fsp3) is 0.318. The zero-order chi connectivity index (χ0) is 17.8. The van der Waals surface area contributed by atoms with Gasteiger partial charge in [-0.15, -0.1) is 0 Å². The predicted molar refractivity (Wildman–Crippen MR) is 109 cm³/mol. The Kier molecular flexibility index (Phi) is 5.32. The van der Waals surface area contributed by atoms with Gasteiger partial charge in [-0.05, 0) is 64.7 Å². The lowest BCUT2D eigenvalue weighted by atomic mass is 10.0. The molecule has 1 amide bonds.